The van der Waals surface area contributed by atoms with Crippen LogP contribution >= 0.6 is 0 Å². The Morgan fingerprint density at radius 2 is 2.14 bits per heavy atom. The first-order chi connectivity index (χ1) is 10.4. The molecule has 0 spiro atoms. The predicted octanol–water partition coefficient (Wildman–Crippen LogP) is 1.33. The van der Waals surface area contributed by atoms with Gasteiger partial charge >= 0.3 is 0 Å². The van der Waals surface area contributed by atoms with E-state index in [2.05, 4.69) is 15.8 Å². The van der Waals surface area contributed by atoms with Crippen molar-refractivity contribution >= 4 is 28.9 Å². The van der Waals surface area contributed by atoms with Crippen molar-refractivity contribution in [2.45, 2.75) is 19.8 Å². The number of nitrogens with one attached hydrogen (secondary N) is 2. The molecule has 1 aromatic carbocycles. The lowest BCUT2D eigenvalue weighted by Crippen LogP contribution is -2.20. The number of rotatable bonds is 6. The van der Waals surface area contributed by atoms with Crippen LogP contribution in [0.4, 0.5) is 11.4 Å². The molecule has 0 aliphatic rings. The first-order valence-corrected chi connectivity index (χ1v) is 6.15. The Hall–Kier alpha value is -3.28. The number of nitro benzene ring substituents is 1. The van der Waals surface area contributed by atoms with Crippen LogP contribution in [0.15, 0.2) is 29.4 Å². The SMILES string of the molecule is C/C(CC(=O)Nc1cccc([N+](=O)[O-])c1)=N/NC(=O)CC#N. The molecule has 0 aliphatic carbocycles. The van der Waals surface area contributed by atoms with E-state index in [1.165, 1.54) is 31.2 Å². The van der Waals surface area contributed by atoms with Gasteiger partial charge in [-0.1, -0.05) is 6.07 Å². The van der Waals surface area contributed by atoms with Crippen molar-refractivity contribution in [2.75, 3.05) is 5.32 Å². The molecular formula is C13H13N5O4. The first kappa shape index (κ1) is 16.8. The van der Waals surface area contributed by atoms with E-state index in [0.717, 1.165) is 0 Å². The van der Waals surface area contributed by atoms with Gasteiger partial charge in [0.05, 0.1) is 17.4 Å². The molecule has 0 fully saturated rings. The van der Waals surface area contributed by atoms with E-state index in [1.54, 1.807) is 6.07 Å². The molecule has 2 N–H and O–H groups in total. The Morgan fingerprint density at radius 1 is 1.41 bits per heavy atom. The van der Waals surface area contributed by atoms with E-state index in [9.17, 15) is 19.7 Å². The molecule has 9 heteroatoms. The van der Waals surface area contributed by atoms with Gasteiger partial charge in [0.1, 0.15) is 6.42 Å². The van der Waals surface area contributed by atoms with Gasteiger partial charge in [-0.2, -0.15) is 10.4 Å². The number of hydrogen-bond donors (Lipinski definition) is 2. The fraction of sp³-hybridized carbons (Fsp3) is 0.231. The maximum atomic E-state index is 11.7. The molecule has 0 bridgehead atoms. The van der Waals surface area contributed by atoms with Gasteiger partial charge in [0.2, 0.25) is 5.91 Å². The van der Waals surface area contributed by atoms with E-state index in [1.807, 2.05) is 0 Å². The van der Waals surface area contributed by atoms with Gasteiger partial charge in [0.15, 0.2) is 0 Å². The van der Waals surface area contributed by atoms with Crippen LogP contribution in [0.3, 0.4) is 0 Å². The summed E-state index contributed by atoms with van der Waals surface area (Å²) in [5, 5.41) is 25.1. The molecule has 0 aliphatic heterocycles. The number of benzene rings is 1. The lowest BCUT2D eigenvalue weighted by Gasteiger charge is -2.05. The maximum Gasteiger partial charge on any atom is 0.271 e. The monoisotopic (exact) mass is 303 g/mol. The summed E-state index contributed by atoms with van der Waals surface area (Å²) in [6.07, 6.45) is -0.424. The minimum Gasteiger partial charge on any atom is -0.326 e. The van der Waals surface area contributed by atoms with Crippen molar-refractivity contribution in [2.24, 2.45) is 5.10 Å². The Bertz CT molecular complexity index is 663. The normalized spacial score (nSPS) is 10.5. The molecule has 22 heavy (non-hydrogen) atoms. The number of anilines is 1. The molecule has 0 saturated heterocycles. The molecule has 0 unspecified atom stereocenters. The minimum atomic E-state index is -0.569. The molecule has 1 aromatic rings. The van der Waals surface area contributed by atoms with Crippen LogP contribution in [0, 0.1) is 21.4 Å². The van der Waals surface area contributed by atoms with Crippen LogP contribution in [0.25, 0.3) is 0 Å². The van der Waals surface area contributed by atoms with E-state index in [0.29, 0.717) is 11.4 Å². The van der Waals surface area contributed by atoms with Gasteiger partial charge in [-0.15, -0.1) is 0 Å². The summed E-state index contributed by atoms with van der Waals surface area (Å²) in [6, 6.07) is 7.19. The summed E-state index contributed by atoms with van der Waals surface area (Å²) in [4.78, 5) is 32.8. The van der Waals surface area contributed by atoms with Gasteiger partial charge in [-0.25, -0.2) is 5.43 Å². The summed E-state index contributed by atoms with van der Waals surface area (Å²) in [7, 11) is 0. The van der Waals surface area contributed by atoms with Crippen LogP contribution in [-0.4, -0.2) is 22.4 Å². The lowest BCUT2D eigenvalue weighted by molar-refractivity contribution is -0.384. The van der Waals surface area contributed by atoms with Gasteiger partial charge in [-0.3, -0.25) is 19.7 Å². The smallest absolute Gasteiger partial charge is 0.271 e. The molecule has 114 valence electrons. The highest BCUT2D eigenvalue weighted by Gasteiger charge is 2.09. The summed E-state index contributed by atoms with van der Waals surface area (Å²) < 4.78 is 0. The fourth-order valence-electron chi connectivity index (χ4n) is 1.44. The van der Waals surface area contributed by atoms with Crippen LogP contribution in [0.1, 0.15) is 19.8 Å². The van der Waals surface area contributed by atoms with E-state index < -0.39 is 16.7 Å². The maximum absolute atomic E-state index is 11.7. The van der Waals surface area contributed by atoms with E-state index >= 15 is 0 Å². The van der Waals surface area contributed by atoms with Crippen molar-refractivity contribution in [3.8, 4) is 6.07 Å². The molecule has 9 nitrogen and oxygen atoms in total. The van der Waals surface area contributed by atoms with E-state index in [4.69, 9.17) is 5.26 Å². The highest BCUT2D eigenvalue weighted by molar-refractivity contribution is 6.05. The molecule has 1 rings (SSSR count). The highest BCUT2D eigenvalue weighted by Crippen LogP contribution is 2.17. The summed E-state index contributed by atoms with van der Waals surface area (Å²) in [5.41, 5.74) is 2.62. The van der Waals surface area contributed by atoms with Crippen molar-refractivity contribution in [1.29, 1.82) is 5.26 Å². The number of carbonyl (C=O) groups excluding carboxylic acids is 2. The topological polar surface area (TPSA) is 137 Å². The van der Waals surface area contributed by atoms with Crippen LogP contribution < -0.4 is 10.7 Å². The van der Waals surface area contributed by atoms with Crippen molar-refractivity contribution in [3.63, 3.8) is 0 Å². The summed E-state index contributed by atoms with van der Waals surface area (Å²) in [6.45, 7) is 1.53. The quantitative estimate of drug-likeness (QED) is 0.464. The van der Waals surface area contributed by atoms with Gasteiger partial charge in [0.25, 0.3) is 11.6 Å². The molecule has 0 aromatic heterocycles. The van der Waals surface area contributed by atoms with Crippen LogP contribution in [0.5, 0.6) is 0 Å². The standard InChI is InChI=1S/C13H13N5O4/c1-9(16-17-12(19)5-6-14)7-13(20)15-10-3-2-4-11(8-10)18(21)22/h2-4,8H,5,7H2,1H3,(H,15,20)(H,17,19)/b16-9-. The largest absolute Gasteiger partial charge is 0.326 e. The molecule has 0 atom stereocenters. The van der Waals surface area contributed by atoms with Crippen LogP contribution in [0.2, 0.25) is 0 Å². The highest BCUT2D eigenvalue weighted by atomic mass is 16.6. The second kappa shape index (κ2) is 8.11. The number of hydrogen-bond acceptors (Lipinski definition) is 6. The predicted molar refractivity (Wildman–Crippen MR) is 77.8 cm³/mol. The first-order valence-electron chi connectivity index (χ1n) is 6.15. The fourth-order valence-corrected chi connectivity index (χ4v) is 1.44. The second-order valence-electron chi connectivity index (χ2n) is 4.25. The zero-order valence-corrected chi connectivity index (χ0v) is 11.7. The van der Waals surface area contributed by atoms with Gasteiger partial charge in [0, 0.05) is 23.5 Å². The van der Waals surface area contributed by atoms with Crippen molar-refractivity contribution < 1.29 is 14.5 Å². The number of nitrogens with zero attached hydrogens (tertiary/aromatic N) is 3. The summed E-state index contributed by atoms with van der Waals surface area (Å²) >= 11 is 0. The minimum absolute atomic E-state index is 0.102. The molecular weight excluding hydrogens is 290 g/mol. The molecule has 0 heterocycles. The van der Waals surface area contributed by atoms with Crippen molar-refractivity contribution in [1.82, 2.24) is 5.43 Å². The lowest BCUT2D eigenvalue weighted by atomic mass is 10.2. The second-order valence-corrected chi connectivity index (χ2v) is 4.25. The molecule has 0 radical (unpaired) electrons. The zero-order chi connectivity index (χ0) is 16.5. The van der Waals surface area contributed by atoms with Gasteiger partial charge in [-0.05, 0) is 13.0 Å². The van der Waals surface area contributed by atoms with Crippen molar-refractivity contribution in [3.05, 3.63) is 34.4 Å². The number of nitriles is 1. The van der Waals surface area contributed by atoms with E-state index in [-0.39, 0.29) is 18.5 Å². The Morgan fingerprint density at radius 3 is 2.77 bits per heavy atom. The molecule has 2 amide bonds. The third-order valence-electron chi connectivity index (χ3n) is 2.37. The Kier molecular flexibility index (Phi) is 6.18. The number of non-ortho nitro benzene ring substituents is 1. The average Bonchev–Trinajstić information content (AvgIpc) is 2.45. The Labute approximate surface area is 125 Å². The number of carbonyl (C=O) groups is 2. The number of amides is 2. The zero-order valence-electron chi connectivity index (χ0n) is 11.7. The average molecular weight is 303 g/mol. The third kappa shape index (κ3) is 5.79. The number of hydrazone groups is 1. The summed E-state index contributed by atoms with van der Waals surface area (Å²) in [5.74, 6) is -1.00. The van der Waals surface area contributed by atoms with Gasteiger partial charge < -0.3 is 5.32 Å². The number of nitro groups is 1. The Balaban J connectivity index is 2.57. The molecule has 0 saturated carbocycles. The third-order valence-corrected chi connectivity index (χ3v) is 2.37. The van der Waals surface area contributed by atoms with Crippen LogP contribution in [-0.2, 0) is 9.59 Å².